The summed E-state index contributed by atoms with van der Waals surface area (Å²) >= 11 is 0.220. The van der Waals surface area contributed by atoms with Crippen molar-refractivity contribution in [3.05, 3.63) is 0 Å². The van der Waals surface area contributed by atoms with E-state index in [2.05, 4.69) is 26.9 Å². The largest absolute Gasteiger partial charge is 0.407 e. The number of hydrogen-bond donors (Lipinski definition) is 0. The zero-order valence-electron chi connectivity index (χ0n) is 7.39. The monoisotopic (exact) mass is 192 g/mol. The minimum Gasteiger partial charge on any atom is -0.407 e. The molecule has 0 spiro atoms. The van der Waals surface area contributed by atoms with Crippen LogP contribution < -0.4 is 0 Å². The maximum Gasteiger partial charge on any atom is 0.400 e. The van der Waals surface area contributed by atoms with E-state index in [1.54, 1.807) is 0 Å². The SMILES string of the molecule is CC(C)O[CH2][Mg][SiH](C)C.Cl. The summed E-state index contributed by atoms with van der Waals surface area (Å²) in [4.78, 5) is 0. The van der Waals surface area contributed by atoms with Crippen LogP contribution in [0.2, 0.25) is 13.1 Å². The Morgan fingerprint density at radius 2 is 1.90 bits per heavy atom. The van der Waals surface area contributed by atoms with E-state index in [1.807, 2.05) is 0 Å². The van der Waals surface area contributed by atoms with E-state index in [-0.39, 0.29) is 38.4 Å². The van der Waals surface area contributed by atoms with Gasteiger partial charge in [-0.3, -0.25) is 0 Å². The third-order valence-corrected chi connectivity index (χ3v) is 6.94. The van der Waals surface area contributed by atoms with Crippen molar-refractivity contribution in [2.45, 2.75) is 33.0 Å². The van der Waals surface area contributed by atoms with Gasteiger partial charge in [0.15, 0.2) is 0 Å². The molecule has 0 unspecified atom stereocenters. The van der Waals surface area contributed by atoms with Gasteiger partial charge < -0.3 is 4.74 Å². The second-order valence-electron chi connectivity index (χ2n) is 3.10. The number of hydrogen-bond acceptors (Lipinski definition) is 1. The molecule has 0 rings (SSSR count). The molecule has 0 aromatic heterocycles. The van der Waals surface area contributed by atoms with Gasteiger partial charge in [0.1, 0.15) is 0 Å². The molecule has 0 bridgehead atoms. The van der Waals surface area contributed by atoms with E-state index in [0.29, 0.717) is 6.10 Å². The molecule has 0 N–H and O–H groups in total. The van der Waals surface area contributed by atoms with Crippen LogP contribution in [0, 0.1) is 0 Å². The standard InChI is InChI=1S/C4H9O.C2H7Si.ClH.Mg/c1-4(2)5-3;1-3-2;;/h4H,3H2,1-2H3;3H,1-2H3;1H;. The first-order chi connectivity index (χ1) is 4.13. The van der Waals surface area contributed by atoms with E-state index in [0.717, 1.165) is 4.74 Å². The van der Waals surface area contributed by atoms with E-state index in [9.17, 15) is 0 Å². The first kappa shape index (κ1) is 13.8. The van der Waals surface area contributed by atoms with Crippen LogP contribution in [-0.4, -0.2) is 36.9 Å². The molecule has 0 aliphatic heterocycles. The van der Waals surface area contributed by atoms with Gasteiger partial charge in [0.25, 0.3) is 0 Å². The third kappa shape index (κ3) is 12.0. The highest BCUT2D eigenvalue weighted by atomic mass is 35.5. The number of halogens is 1. The highest BCUT2D eigenvalue weighted by molar-refractivity contribution is 7.11. The predicted molar refractivity (Wildman–Crippen MR) is 53.0 cm³/mol. The zero-order valence-corrected chi connectivity index (χ0v) is 10.8. The summed E-state index contributed by atoms with van der Waals surface area (Å²) in [6.45, 7) is 9.04. The lowest BCUT2D eigenvalue weighted by Gasteiger charge is -2.06. The summed E-state index contributed by atoms with van der Waals surface area (Å²) in [5.41, 5.74) is 0. The van der Waals surface area contributed by atoms with Crippen LogP contribution >= 0.6 is 12.4 Å². The first-order valence-corrected chi connectivity index (χ1v) is 10.3. The van der Waals surface area contributed by atoms with Gasteiger partial charge in [-0.2, -0.15) is 0 Å². The lowest BCUT2D eigenvalue weighted by Crippen LogP contribution is -2.20. The summed E-state index contributed by atoms with van der Waals surface area (Å²) in [5.74, 6) is 0. The summed E-state index contributed by atoms with van der Waals surface area (Å²) in [7, 11) is 0. The van der Waals surface area contributed by atoms with Gasteiger partial charge in [-0.15, -0.1) is 12.4 Å². The average Bonchev–Trinajstić information content (AvgIpc) is 1.63. The summed E-state index contributed by atoms with van der Waals surface area (Å²) < 4.78 is 6.56. The Balaban J connectivity index is 0. The number of ether oxygens (including phenoxy) is 1. The molecule has 0 atom stereocenters. The van der Waals surface area contributed by atoms with E-state index in [1.165, 1.54) is 0 Å². The van der Waals surface area contributed by atoms with Gasteiger partial charge in [0, 0.05) is 6.10 Å². The third-order valence-electron chi connectivity index (χ3n) is 1.15. The quantitative estimate of drug-likeness (QED) is 0.614. The van der Waals surface area contributed by atoms with Crippen LogP contribution in [0.5, 0.6) is 0 Å². The molecule has 0 aromatic carbocycles. The van der Waals surface area contributed by atoms with Crippen LogP contribution in [0.1, 0.15) is 13.8 Å². The van der Waals surface area contributed by atoms with Crippen molar-refractivity contribution in [2.24, 2.45) is 0 Å². The molecule has 1 nitrogen and oxygen atoms in total. The maximum atomic E-state index is 5.45. The molecule has 60 valence electrons. The van der Waals surface area contributed by atoms with Crippen molar-refractivity contribution in [2.75, 3.05) is 4.74 Å². The molecule has 0 aliphatic carbocycles. The molecule has 0 amide bonds. The van der Waals surface area contributed by atoms with Crippen molar-refractivity contribution >= 4 is 38.4 Å². The van der Waals surface area contributed by atoms with Gasteiger partial charge in [-0.1, -0.05) is 24.3 Å². The van der Waals surface area contributed by atoms with E-state index in [4.69, 9.17) is 4.74 Å². The minimum absolute atomic E-state index is 0. The molecule has 4 heteroatoms. The Hall–Kier alpha value is 1.23. The molecule has 0 heterocycles. The van der Waals surface area contributed by atoms with Crippen LogP contribution in [0.25, 0.3) is 0 Å². The van der Waals surface area contributed by atoms with Crippen LogP contribution in [0.4, 0.5) is 0 Å². The predicted octanol–water partition coefficient (Wildman–Crippen LogP) is 1.48. The molecule has 0 fully saturated rings. The van der Waals surface area contributed by atoms with Crippen molar-refractivity contribution in [3.8, 4) is 0 Å². The zero-order chi connectivity index (χ0) is 7.28. The highest BCUT2D eigenvalue weighted by Gasteiger charge is 2.02. The van der Waals surface area contributed by atoms with Crippen molar-refractivity contribution in [3.63, 3.8) is 0 Å². The molecule has 0 radical (unpaired) electrons. The second kappa shape index (κ2) is 8.33. The Morgan fingerprint density at radius 1 is 1.40 bits per heavy atom. The fraction of sp³-hybridized carbons (Fsp3) is 1.00. The average molecular weight is 193 g/mol. The van der Waals surface area contributed by atoms with Gasteiger partial charge >= 0.3 is 19.6 Å². The fourth-order valence-electron chi connectivity index (χ4n) is 0.539. The Labute approximate surface area is 80.8 Å². The summed E-state index contributed by atoms with van der Waals surface area (Å²) in [6, 6.07) is 0. The van der Waals surface area contributed by atoms with Crippen LogP contribution in [-0.2, 0) is 4.74 Å². The van der Waals surface area contributed by atoms with E-state index >= 15 is 0 Å². The Bertz CT molecular complexity index is 62.8. The van der Waals surface area contributed by atoms with Gasteiger partial charge in [-0.05, 0) is 13.8 Å². The first-order valence-electron chi connectivity index (χ1n) is 3.74. The lowest BCUT2D eigenvalue weighted by atomic mass is 10.5. The Morgan fingerprint density at radius 3 is 2.20 bits per heavy atom. The number of rotatable bonds is 4. The summed E-state index contributed by atoms with van der Waals surface area (Å²) in [6.07, 6.45) is 0.234. The van der Waals surface area contributed by atoms with Crippen molar-refractivity contribution in [1.29, 1.82) is 0 Å². The van der Waals surface area contributed by atoms with Crippen LogP contribution in [0.3, 0.4) is 0 Å². The van der Waals surface area contributed by atoms with Gasteiger partial charge in [-0.25, -0.2) is 0 Å². The van der Waals surface area contributed by atoms with Gasteiger partial charge in [0.2, 0.25) is 0 Å². The lowest BCUT2D eigenvalue weighted by molar-refractivity contribution is 0.116. The summed E-state index contributed by atoms with van der Waals surface area (Å²) in [5, 5.41) is 0. The molecular formula is C6H17ClMgOSi. The van der Waals surface area contributed by atoms with Crippen molar-refractivity contribution < 1.29 is 4.74 Å². The minimum atomic E-state index is -0.216. The molecule has 10 heavy (non-hydrogen) atoms. The smallest absolute Gasteiger partial charge is 0.400 e. The second-order valence-corrected chi connectivity index (χ2v) is 13.5. The molecule has 0 saturated carbocycles. The molecule has 0 saturated heterocycles. The molecular weight excluding hydrogens is 176 g/mol. The highest BCUT2D eigenvalue weighted by Crippen LogP contribution is 1.86. The topological polar surface area (TPSA) is 9.23 Å². The van der Waals surface area contributed by atoms with Crippen LogP contribution in [0.15, 0.2) is 0 Å². The van der Waals surface area contributed by atoms with E-state index < -0.39 is 0 Å². The fourth-order valence-corrected chi connectivity index (χ4v) is 3.44. The molecule has 0 aliphatic rings. The maximum absolute atomic E-state index is 5.45. The Kier molecular flexibility index (Phi) is 11.5. The van der Waals surface area contributed by atoms with Crippen molar-refractivity contribution in [1.82, 2.24) is 0 Å². The molecule has 0 aromatic rings. The normalized spacial score (nSPS) is 9.40. The van der Waals surface area contributed by atoms with Gasteiger partial charge in [0.05, 0.1) is 0 Å².